The van der Waals surface area contributed by atoms with Crippen molar-refractivity contribution in [3.8, 4) is 0 Å². The standard InChI is InChI=1S/C14H19Cl2NO2S/c1-8(11-6-12(15)20-13(11)16)17-7-9-4-2-3-5-10(9)14(18)19/h6,8-10,17H,2-5,7H2,1H3,(H,18,19). The number of halogens is 2. The third-order valence-electron chi connectivity index (χ3n) is 4.06. The van der Waals surface area contributed by atoms with Gasteiger partial charge in [-0.2, -0.15) is 0 Å². The molecule has 6 heteroatoms. The second-order valence-electron chi connectivity index (χ2n) is 5.40. The van der Waals surface area contributed by atoms with E-state index in [1.54, 1.807) is 0 Å². The van der Waals surface area contributed by atoms with Crippen LogP contribution in [-0.2, 0) is 4.79 Å². The Morgan fingerprint density at radius 3 is 2.80 bits per heavy atom. The smallest absolute Gasteiger partial charge is 0.306 e. The minimum atomic E-state index is -0.666. The Balaban J connectivity index is 1.93. The van der Waals surface area contributed by atoms with Crippen LogP contribution in [0.4, 0.5) is 0 Å². The Labute approximate surface area is 133 Å². The first-order chi connectivity index (χ1) is 9.49. The zero-order chi connectivity index (χ0) is 14.7. The molecule has 1 aliphatic rings. The Bertz CT molecular complexity index is 478. The van der Waals surface area contributed by atoms with E-state index in [0.29, 0.717) is 15.2 Å². The highest BCUT2D eigenvalue weighted by atomic mass is 35.5. The molecule has 0 bridgehead atoms. The Morgan fingerprint density at radius 2 is 2.20 bits per heavy atom. The summed E-state index contributed by atoms with van der Waals surface area (Å²) in [6.07, 6.45) is 3.92. The number of hydrogen-bond donors (Lipinski definition) is 2. The van der Waals surface area contributed by atoms with Gasteiger partial charge in [0.05, 0.1) is 14.6 Å². The lowest BCUT2D eigenvalue weighted by Crippen LogP contribution is -2.35. The van der Waals surface area contributed by atoms with Crippen molar-refractivity contribution in [1.29, 1.82) is 0 Å². The summed E-state index contributed by atoms with van der Waals surface area (Å²) >= 11 is 13.5. The number of carboxylic acid groups (broad SMARTS) is 1. The lowest BCUT2D eigenvalue weighted by Gasteiger charge is -2.29. The van der Waals surface area contributed by atoms with E-state index < -0.39 is 5.97 Å². The van der Waals surface area contributed by atoms with E-state index in [1.807, 2.05) is 13.0 Å². The third kappa shape index (κ3) is 3.88. The van der Waals surface area contributed by atoms with Crippen molar-refractivity contribution in [3.05, 3.63) is 20.3 Å². The predicted octanol–water partition coefficient (Wildman–Crippen LogP) is 4.60. The first kappa shape index (κ1) is 16.1. The van der Waals surface area contributed by atoms with Gasteiger partial charge in [-0.25, -0.2) is 0 Å². The molecule has 3 atom stereocenters. The summed E-state index contributed by atoms with van der Waals surface area (Å²) < 4.78 is 1.38. The Kier molecular flexibility index (Phi) is 5.73. The quantitative estimate of drug-likeness (QED) is 0.826. The Hall–Kier alpha value is -0.290. The average molecular weight is 336 g/mol. The van der Waals surface area contributed by atoms with Gasteiger partial charge < -0.3 is 10.4 Å². The molecule has 0 aliphatic heterocycles. The number of nitrogens with one attached hydrogen (secondary N) is 1. The molecule has 1 aliphatic carbocycles. The molecule has 0 amide bonds. The van der Waals surface area contributed by atoms with Crippen LogP contribution in [0.3, 0.4) is 0 Å². The van der Waals surface area contributed by atoms with Gasteiger partial charge in [0.15, 0.2) is 0 Å². The maximum atomic E-state index is 11.3. The van der Waals surface area contributed by atoms with Gasteiger partial charge in [0.1, 0.15) is 0 Å². The highest BCUT2D eigenvalue weighted by molar-refractivity contribution is 7.20. The summed E-state index contributed by atoms with van der Waals surface area (Å²) in [6.45, 7) is 2.74. The highest BCUT2D eigenvalue weighted by Gasteiger charge is 2.30. The fraction of sp³-hybridized carbons (Fsp3) is 0.643. The summed E-state index contributed by atoms with van der Waals surface area (Å²) in [5, 5.41) is 12.7. The molecule has 112 valence electrons. The monoisotopic (exact) mass is 335 g/mol. The first-order valence-electron chi connectivity index (χ1n) is 6.90. The molecule has 3 nitrogen and oxygen atoms in total. The molecule has 0 spiro atoms. The molecule has 1 aromatic heterocycles. The van der Waals surface area contributed by atoms with Gasteiger partial charge >= 0.3 is 5.97 Å². The van der Waals surface area contributed by atoms with Gasteiger partial charge in [0.25, 0.3) is 0 Å². The summed E-state index contributed by atoms with van der Waals surface area (Å²) in [5.74, 6) is -0.678. The maximum Gasteiger partial charge on any atom is 0.306 e. The summed E-state index contributed by atoms with van der Waals surface area (Å²) in [4.78, 5) is 11.3. The summed E-state index contributed by atoms with van der Waals surface area (Å²) in [7, 11) is 0. The van der Waals surface area contributed by atoms with Crippen LogP contribution in [0.15, 0.2) is 6.07 Å². The number of thiophene rings is 1. The highest BCUT2D eigenvalue weighted by Crippen LogP contribution is 2.35. The SMILES string of the molecule is CC(NCC1CCCCC1C(=O)O)c1cc(Cl)sc1Cl. The lowest BCUT2D eigenvalue weighted by atomic mass is 9.79. The largest absolute Gasteiger partial charge is 0.481 e. The topological polar surface area (TPSA) is 49.3 Å². The summed E-state index contributed by atoms with van der Waals surface area (Å²) in [6, 6.07) is 1.96. The molecule has 20 heavy (non-hydrogen) atoms. The van der Waals surface area contributed by atoms with E-state index >= 15 is 0 Å². The van der Waals surface area contributed by atoms with Gasteiger partial charge in [-0.05, 0) is 43.9 Å². The molecule has 0 radical (unpaired) electrons. The van der Waals surface area contributed by atoms with Crippen molar-refractivity contribution < 1.29 is 9.90 Å². The molecular weight excluding hydrogens is 317 g/mol. The van der Waals surface area contributed by atoms with E-state index in [0.717, 1.165) is 31.2 Å². The Morgan fingerprint density at radius 1 is 1.50 bits per heavy atom. The zero-order valence-electron chi connectivity index (χ0n) is 11.4. The molecule has 2 rings (SSSR count). The van der Waals surface area contributed by atoms with Gasteiger partial charge in [0.2, 0.25) is 0 Å². The molecule has 1 aromatic rings. The van der Waals surface area contributed by atoms with Crippen LogP contribution in [0.5, 0.6) is 0 Å². The van der Waals surface area contributed by atoms with Gasteiger partial charge in [0, 0.05) is 6.04 Å². The van der Waals surface area contributed by atoms with E-state index in [1.165, 1.54) is 11.3 Å². The molecule has 3 unspecified atom stereocenters. The lowest BCUT2D eigenvalue weighted by molar-refractivity contribution is -0.144. The maximum absolute atomic E-state index is 11.3. The van der Waals surface area contributed by atoms with Crippen molar-refractivity contribution in [1.82, 2.24) is 5.32 Å². The van der Waals surface area contributed by atoms with E-state index in [4.69, 9.17) is 23.2 Å². The fourth-order valence-corrected chi connectivity index (χ4v) is 4.51. The number of carboxylic acids is 1. The zero-order valence-corrected chi connectivity index (χ0v) is 13.7. The number of carbonyl (C=O) groups is 1. The van der Waals surface area contributed by atoms with E-state index in [2.05, 4.69) is 5.32 Å². The van der Waals surface area contributed by atoms with Crippen LogP contribution in [0.1, 0.15) is 44.2 Å². The van der Waals surface area contributed by atoms with Crippen molar-refractivity contribution in [2.24, 2.45) is 11.8 Å². The number of hydrogen-bond acceptors (Lipinski definition) is 3. The third-order valence-corrected chi connectivity index (χ3v) is 5.58. The molecule has 0 aromatic carbocycles. The average Bonchev–Trinajstić information content (AvgIpc) is 2.75. The van der Waals surface area contributed by atoms with E-state index in [-0.39, 0.29) is 17.9 Å². The van der Waals surface area contributed by atoms with Gasteiger partial charge in [-0.1, -0.05) is 36.0 Å². The van der Waals surface area contributed by atoms with Gasteiger partial charge in [-0.3, -0.25) is 4.79 Å². The second-order valence-corrected chi connectivity index (χ2v) is 7.68. The van der Waals surface area contributed by atoms with Crippen molar-refractivity contribution >= 4 is 40.5 Å². The molecule has 2 N–H and O–H groups in total. The van der Waals surface area contributed by atoms with Gasteiger partial charge in [-0.15, -0.1) is 11.3 Å². The van der Waals surface area contributed by atoms with E-state index in [9.17, 15) is 9.90 Å². The van der Waals surface area contributed by atoms with Crippen molar-refractivity contribution in [3.63, 3.8) is 0 Å². The minimum absolute atomic E-state index is 0.0858. The number of rotatable bonds is 5. The molecule has 1 saturated carbocycles. The fourth-order valence-electron chi connectivity index (χ4n) is 2.86. The second kappa shape index (κ2) is 7.12. The molecule has 1 fully saturated rings. The van der Waals surface area contributed by atoms with Crippen LogP contribution < -0.4 is 5.32 Å². The van der Waals surface area contributed by atoms with Crippen LogP contribution in [0, 0.1) is 11.8 Å². The van der Waals surface area contributed by atoms with Crippen LogP contribution in [0.2, 0.25) is 8.67 Å². The minimum Gasteiger partial charge on any atom is -0.481 e. The van der Waals surface area contributed by atoms with Crippen molar-refractivity contribution in [2.45, 2.75) is 38.6 Å². The molecule has 0 saturated heterocycles. The van der Waals surface area contributed by atoms with Crippen LogP contribution in [-0.4, -0.2) is 17.6 Å². The van der Waals surface area contributed by atoms with Crippen LogP contribution >= 0.6 is 34.5 Å². The van der Waals surface area contributed by atoms with Crippen LogP contribution in [0.25, 0.3) is 0 Å². The molecular formula is C14H19Cl2NO2S. The summed E-state index contributed by atoms with van der Waals surface area (Å²) in [5.41, 5.74) is 0.990. The predicted molar refractivity (Wildman–Crippen MR) is 83.8 cm³/mol. The van der Waals surface area contributed by atoms with Crippen molar-refractivity contribution in [2.75, 3.05) is 6.54 Å². The molecule has 1 heterocycles. The normalized spacial score (nSPS) is 24.6. The number of aliphatic carboxylic acids is 1. The first-order valence-corrected chi connectivity index (χ1v) is 8.47.